The number of hydrogen-bond acceptors (Lipinski definition) is 4. The Bertz CT molecular complexity index is 913. The smallest absolute Gasteiger partial charge is 0.247 e. The van der Waals surface area contributed by atoms with E-state index in [0.717, 1.165) is 12.1 Å². The van der Waals surface area contributed by atoms with Crippen LogP contribution >= 0.6 is 12.4 Å². The Morgan fingerprint density at radius 1 is 1.00 bits per heavy atom. The van der Waals surface area contributed by atoms with Crippen LogP contribution in [0.4, 0.5) is 4.39 Å². The highest BCUT2D eigenvalue weighted by atomic mass is 35.5. The lowest BCUT2D eigenvalue weighted by atomic mass is 9.91. The molecular weight excluding hydrogens is 405 g/mol. The average Bonchev–Trinajstić information content (AvgIpc) is 2.68. The number of sulfonamides is 1. The molecule has 3 rings (SSSR count). The fourth-order valence-corrected chi connectivity index (χ4v) is 4.55. The van der Waals surface area contributed by atoms with E-state index in [1.165, 1.54) is 16.4 Å². The molecule has 28 heavy (non-hydrogen) atoms. The Hall–Kier alpha value is -2.00. The number of carbonyl (C=O) groups is 1. The molecule has 0 spiro atoms. The van der Waals surface area contributed by atoms with Crippen LogP contribution in [0.5, 0.6) is 0 Å². The van der Waals surface area contributed by atoms with Gasteiger partial charge in [-0.05, 0) is 36.8 Å². The van der Waals surface area contributed by atoms with Crippen LogP contribution in [-0.2, 0) is 20.4 Å². The van der Waals surface area contributed by atoms with E-state index in [9.17, 15) is 17.6 Å². The van der Waals surface area contributed by atoms with Gasteiger partial charge in [0.2, 0.25) is 15.9 Å². The number of amides is 1. The number of hydrogen-bond donors (Lipinski definition) is 1. The zero-order chi connectivity index (χ0) is 19.7. The van der Waals surface area contributed by atoms with Crippen LogP contribution in [0.15, 0.2) is 59.5 Å². The second-order valence-electron chi connectivity index (χ2n) is 6.72. The normalized spacial score (nSPS) is 17.5. The zero-order valence-electron chi connectivity index (χ0n) is 15.4. The highest BCUT2D eigenvalue weighted by Gasteiger charge is 2.37. The molecule has 2 N–H and O–H groups in total. The fraction of sp³-hybridized carbons (Fsp3) is 0.316. The lowest BCUT2D eigenvalue weighted by Gasteiger charge is -2.38. The van der Waals surface area contributed by atoms with E-state index >= 15 is 0 Å². The van der Waals surface area contributed by atoms with Crippen LogP contribution in [0, 0.1) is 5.82 Å². The summed E-state index contributed by atoms with van der Waals surface area (Å²) in [6.45, 7) is 2.48. The maximum absolute atomic E-state index is 13.0. The maximum atomic E-state index is 13.0. The third-order valence-corrected chi connectivity index (χ3v) is 6.71. The molecule has 0 aromatic heterocycles. The first-order chi connectivity index (χ1) is 12.7. The minimum Gasteiger partial charge on any atom is -0.338 e. The van der Waals surface area contributed by atoms with Gasteiger partial charge in [-0.1, -0.05) is 30.3 Å². The minimum absolute atomic E-state index is 0. The number of halogens is 2. The van der Waals surface area contributed by atoms with E-state index in [4.69, 9.17) is 5.73 Å². The minimum atomic E-state index is -3.72. The molecular formula is C19H23ClFN3O3S. The van der Waals surface area contributed by atoms with Gasteiger partial charge in [-0.15, -0.1) is 12.4 Å². The van der Waals surface area contributed by atoms with Crippen LogP contribution in [0.25, 0.3) is 0 Å². The molecule has 1 fully saturated rings. The summed E-state index contributed by atoms with van der Waals surface area (Å²) in [6.07, 6.45) is 0. The molecule has 1 atom stereocenters. The largest absolute Gasteiger partial charge is 0.338 e. The SMILES string of the molecule is CC(N)(C(=O)N1CCN(S(=O)(=O)c2ccc(F)cc2)CC1)c1ccccc1.Cl. The van der Waals surface area contributed by atoms with Crippen molar-refractivity contribution in [3.63, 3.8) is 0 Å². The van der Waals surface area contributed by atoms with Crippen molar-refractivity contribution in [2.24, 2.45) is 5.73 Å². The number of benzene rings is 2. The molecule has 1 heterocycles. The summed E-state index contributed by atoms with van der Waals surface area (Å²) in [4.78, 5) is 14.5. The summed E-state index contributed by atoms with van der Waals surface area (Å²) in [5.74, 6) is -0.736. The first-order valence-electron chi connectivity index (χ1n) is 8.62. The van der Waals surface area contributed by atoms with Gasteiger partial charge in [0.05, 0.1) is 4.90 Å². The summed E-state index contributed by atoms with van der Waals surface area (Å²) < 4.78 is 39.7. The molecule has 0 aliphatic carbocycles. The Balaban J connectivity index is 0.00000280. The van der Waals surface area contributed by atoms with Gasteiger partial charge in [-0.3, -0.25) is 4.79 Å². The standard InChI is InChI=1S/C19H22FN3O3S.ClH/c1-19(21,15-5-3-2-4-6-15)18(24)22-11-13-23(14-12-22)27(25,26)17-9-7-16(20)8-10-17;/h2-10H,11-14,21H2,1H3;1H. The predicted octanol–water partition coefficient (Wildman–Crippen LogP) is 1.95. The van der Waals surface area contributed by atoms with E-state index in [0.29, 0.717) is 5.56 Å². The van der Waals surface area contributed by atoms with Gasteiger partial charge >= 0.3 is 0 Å². The number of nitrogens with two attached hydrogens (primary N) is 1. The summed E-state index contributed by atoms with van der Waals surface area (Å²) in [7, 11) is -3.72. The van der Waals surface area contributed by atoms with Crippen molar-refractivity contribution in [2.75, 3.05) is 26.2 Å². The number of nitrogens with zero attached hydrogens (tertiary/aromatic N) is 2. The molecule has 1 aliphatic rings. The van der Waals surface area contributed by atoms with Crippen molar-refractivity contribution < 1.29 is 17.6 Å². The molecule has 0 radical (unpaired) electrons. The summed E-state index contributed by atoms with van der Waals surface area (Å²) in [5, 5.41) is 0. The van der Waals surface area contributed by atoms with Crippen LogP contribution in [-0.4, -0.2) is 49.7 Å². The van der Waals surface area contributed by atoms with Gasteiger partial charge in [0.15, 0.2) is 0 Å². The van der Waals surface area contributed by atoms with Crippen molar-refractivity contribution in [1.29, 1.82) is 0 Å². The second kappa shape index (κ2) is 8.57. The molecule has 1 saturated heterocycles. The lowest BCUT2D eigenvalue weighted by molar-refractivity contribution is -0.138. The van der Waals surface area contributed by atoms with Crippen molar-refractivity contribution >= 4 is 28.3 Å². The third-order valence-electron chi connectivity index (χ3n) is 4.80. The molecule has 0 bridgehead atoms. The van der Waals surface area contributed by atoms with Gasteiger partial charge in [-0.25, -0.2) is 12.8 Å². The van der Waals surface area contributed by atoms with Crippen LogP contribution < -0.4 is 5.73 Å². The monoisotopic (exact) mass is 427 g/mol. The Labute approximate surface area is 170 Å². The van der Waals surface area contributed by atoms with Crippen molar-refractivity contribution in [1.82, 2.24) is 9.21 Å². The van der Waals surface area contributed by atoms with E-state index < -0.39 is 21.4 Å². The van der Waals surface area contributed by atoms with Gasteiger partial charge in [0.1, 0.15) is 11.4 Å². The molecule has 152 valence electrons. The highest BCUT2D eigenvalue weighted by molar-refractivity contribution is 7.89. The van der Waals surface area contributed by atoms with E-state index in [1.807, 2.05) is 18.2 Å². The third kappa shape index (κ3) is 4.35. The molecule has 1 unspecified atom stereocenters. The first-order valence-corrected chi connectivity index (χ1v) is 10.1. The van der Waals surface area contributed by atoms with Gasteiger partial charge < -0.3 is 10.6 Å². The quantitative estimate of drug-likeness (QED) is 0.808. The predicted molar refractivity (Wildman–Crippen MR) is 107 cm³/mol. The molecule has 9 heteroatoms. The summed E-state index contributed by atoms with van der Waals surface area (Å²) >= 11 is 0. The molecule has 6 nitrogen and oxygen atoms in total. The Kier molecular flexibility index (Phi) is 6.82. The second-order valence-corrected chi connectivity index (χ2v) is 8.66. The van der Waals surface area contributed by atoms with Crippen LogP contribution in [0.2, 0.25) is 0 Å². The van der Waals surface area contributed by atoms with E-state index in [1.54, 1.807) is 24.0 Å². The molecule has 1 aliphatic heterocycles. The number of rotatable bonds is 4. The van der Waals surface area contributed by atoms with E-state index in [-0.39, 0.29) is 49.4 Å². The van der Waals surface area contributed by atoms with Crippen molar-refractivity contribution in [2.45, 2.75) is 17.4 Å². The summed E-state index contributed by atoms with van der Waals surface area (Å²) in [6, 6.07) is 13.8. The van der Waals surface area contributed by atoms with Gasteiger partial charge in [0, 0.05) is 26.2 Å². The molecule has 2 aromatic carbocycles. The topological polar surface area (TPSA) is 83.7 Å². The van der Waals surface area contributed by atoms with Crippen molar-refractivity contribution in [3.05, 3.63) is 66.0 Å². The first kappa shape index (κ1) is 22.3. The Morgan fingerprint density at radius 2 is 1.54 bits per heavy atom. The molecule has 0 saturated carbocycles. The van der Waals surface area contributed by atoms with Gasteiger partial charge in [0.25, 0.3) is 0 Å². The van der Waals surface area contributed by atoms with E-state index in [2.05, 4.69) is 0 Å². The van der Waals surface area contributed by atoms with Crippen LogP contribution in [0.3, 0.4) is 0 Å². The van der Waals surface area contributed by atoms with Crippen LogP contribution in [0.1, 0.15) is 12.5 Å². The molecule has 2 aromatic rings. The lowest BCUT2D eigenvalue weighted by Crippen LogP contribution is -2.57. The Morgan fingerprint density at radius 3 is 2.07 bits per heavy atom. The maximum Gasteiger partial charge on any atom is 0.247 e. The molecule has 1 amide bonds. The zero-order valence-corrected chi connectivity index (χ0v) is 17.0. The van der Waals surface area contributed by atoms with Crippen molar-refractivity contribution in [3.8, 4) is 0 Å². The van der Waals surface area contributed by atoms with Gasteiger partial charge in [-0.2, -0.15) is 4.31 Å². The highest BCUT2D eigenvalue weighted by Crippen LogP contribution is 2.23. The summed E-state index contributed by atoms with van der Waals surface area (Å²) in [5.41, 5.74) is 5.80. The fourth-order valence-electron chi connectivity index (χ4n) is 3.12. The number of carbonyl (C=O) groups excluding carboxylic acids is 1. The average molecular weight is 428 g/mol. The number of piperazine rings is 1.